The molecular formula is C46H49ClF3N8O11P. The van der Waals surface area contributed by atoms with Crippen molar-refractivity contribution in [1.29, 1.82) is 0 Å². The summed E-state index contributed by atoms with van der Waals surface area (Å²) >= 11 is 6.83. The molecule has 0 aliphatic carbocycles. The van der Waals surface area contributed by atoms with Gasteiger partial charge in [-0.2, -0.15) is 8.78 Å². The highest BCUT2D eigenvalue weighted by Crippen LogP contribution is 2.59. The van der Waals surface area contributed by atoms with Crippen molar-refractivity contribution >= 4 is 71.4 Å². The van der Waals surface area contributed by atoms with E-state index in [1.807, 2.05) is 4.90 Å². The van der Waals surface area contributed by atoms with E-state index in [2.05, 4.69) is 20.9 Å². The number of aromatic nitrogens is 1. The number of hydrogen-bond acceptors (Lipinski definition) is 10. The van der Waals surface area contributed by atoms with Crippen LogP contribution in [0.4, 0.5) is 13.2 Å². The Morgan fingerprint density at radius 1 is 1.03 bits per heavy atom. The van der Waals surface area contributed by atoms with Crippen molar-refractivity contribution in [3.63, 3.8) is 0 Å². The number of piperidine rings is 1. The Bertz CT molecular complexity index is 2860. The molecule has 0 saturated carbocycles. The first-order valence-electron chi connectivity index (χ1n) is 22.4. The van der Waals surface area contributed by atoms with Gasteiger partial charge in [-0.15, -0.1) is 0 Å². The van der Waals surface area contributed by atoms with Gasteiger partial charge in [-0.25, -0.2) is 4.39 Å². The second kappa shape index (κ2) is 19.8. The third kappa shape index (κ3) is 10.3. The lowest BCUT2D eigenvalue weighted by atomic mass is 9.99. The average molecular weight is 1010 g/mol. The van der Waals surface area contributed by atoms with Crippen LogP contribution in [-0.4, -0.2) is 128 Å². The van der Waals surface area contributed by atoms with Gasteiger partial charge >= 0.3 is 13.3 Å². The van der Waals surface area contributed by atoms with Gasteiger partial charge in [0, 0.05) is 60.4 Å². The number of alkyl halides is 2. The predicted molar refractivity (Wildman–Crippen MR) is 244 cm³/mol. The number of halogens is 4. The van der Waals surface area contributed by atoms with Crippen LogP contribution in [0.2, 0.25) is 5.02 Å². The number of H-pyrrole nitrogens is 1. The number of rotatable bonds is 15. The van der Waals surface area contributed by atoms with Crippen molar-refractivity contribution in [1.82, 2.24) is 35.6 Å². The molecule has 19 nitrogen and oxygen atoms in total. The van der Waals surface area contributed by atoms with E-state index in [9.17, 15) is 56.7 Å². The van der Waals surface area contributed by atoms with Gasteiger partial charge in [0.1, 0.15) is 42.0 Å². The molecule has 1 unspecified atom stereocenters. The molecule has 372 valence electrons. The molecule has 4 aliphatic rings. The number of imide groups is 1. The molecule has 3 aromatic carbocycles. The number of nitrogens with two attached hydrogens (primary N) is 1. The first-order chi connectivity index (χ1) is 33.1. The van der Waals surface area contributed by atoms with E-state index in [1.54, 1.807) is 31.3 Å². The van der Waals surface area contributed by atoms with Crippen molar-refractivity contribution in [2.45, 2.75) is 93.8 Å². The second-order valence-corrected chi connectivity index (χ2v) is 20.1. The van der Waals surface area contributed by atoms with Gasteiger partial charge in [0.25, 0.3) is 11.8 Å². The zero-order chi connectivity index (χ0) is 50.4. The van der Waals surface area contributed by atoms with Crippen LogP contribution in [-0.2, 0) is 47.2 Å². The molecule has 7 amide bonds. The monoisotopic (exact) mass is 1010 g/mol. The smallest absolute Gasteiger partial charge is 0.399 e. The molecule has 1 aromatic heterocycles. The van der Waals surface area contributed by atoms with E-state index < -0.39 is 90.2 Å². The highest BCUT2D eigenvalue weighted by molar-refractivity contribution is 7.52. The van der Waals surface area contributed by atoms with Crippen LogP contribution in [0.15, 0.2) is 54.6 Å². The van der Waals surface area contributed by atoms with Crippen LogP contribution in [0.25, 0.3) is 10.9 Å². The van der Waals surface area contributed by atoms with Gasteiger partial charge in [0.2, 0.25) is 29.5 Å². The molecule has 3 fully saturated rings. The number of hydrogen-bond donors (Lipinski definition) is 7. The largest absolute Gasteiger partial charge is 0.490 e. The minimum Gasteiger partial charge on any atom is -0.490 e. The Hall–Kier alpha value is -6.32. The maximum Gasteiger partial charge on any atom is 0.399 e. The molecule has 8 N–H and O–H groups in total. The molecule has 24 heteroatoms. The van der Waals surface area contributed by atoms with E-state index in [0.29, 0.717) is 30.5 Å². The van der Waals surface area contributed by atoms with Crippen molar-refractivity contribution < 1.29 is 65.8 Å². The maximum absolute atomic E-state index is 15.6. The van der Waals surface area contributed by atoms with Crippen LogP contribution in [0, 0.1) is 5.82 Å². The summed E-state index contributed by atoms with van der Waals surface area (Å²) in [4.78, 5) is 117. The fourth-order valence-corrected chi connectivity index (χ4v) is 10.3. The molecule has 5 atom stereocenters. The number of benzene rings is 3. The summed E-state index contributed by atoms with van der Waals surface area (Å²) in [6.45, 7) is 0.401. The minimum atomic E-state index is -5.86. The highest BCUT2D eigenvalue weighted by atomic mass is 35.5. The summed E-state index contributed by atoms with van der Waals surface area (Å²) in [6, 6.07) is 7.36. The molecule has 0 radical (unpaired) electrons. The summed E-state index contributed by atoms with van der Waals surface area (Å²) in [5, 5.41) is 8.04. The van der Waals surface area contributed by atoms with E-state index >= 15 is 4.39 Å². The van der Waals surface area contributed by atoms with E-state index in [-0.39, 0.29) is 103 Å². The van der Waals surface area contributed by atoms with Crippen molar-refractivity contribution in [3.8, 4) is 5.75 Å². The Balaban J connectivity index is 0.939. The number of carbonyl (C=O) groups is 7. The van der Waals surface area contributed by atoms with Gasteiger partial charge in [-0.3, -0.25) is 43.4 Å². The maximum atomic E-state index is 15.6. The third-order valence-electron chi connectivity index (χ3n) is 13.2. The van der Waals surface area contributed by atoms with Crippen molar-refractivity contribution in [3.05, 3.63) is 98.9 Å². The molecule has 5 heterocycles. The number of carbonyl (C=O) groups excluding carboxylic acids is 7. The predicted octanol–water partition coefficient (Wildman–Crippen LogP) is 3.16. The van der Waals surface area contributed by atoms with Crippen molar-refractivity contribution in [2.24, 2.45) is 5.73 Å². The molecule has 4 aromatic rings. The van der Waals surface area contributed by atoms with Crippen LogP contribution < -0.4 is 26.4 Å². The molecular weight excluding hydrogens is 964 g/mol. The zero-order valence-corrected chi connectivity index (χ0v) is 39.2. The van der Waals surface area contributed by atoms with Crippen LogP contribution >= 0.6 is 19.2 Å². The summed E-state index contributed by atoms with van der Waals surface area (Å²) in [7, 11) is -4.09. The number of ether oxygens (including phenoxy) is 1. The lowest BCUT2D eigenvalue weighted by molar-refractivity contribution is -0.143. The van der Waals surface area contributed by atoms with Gasteiger partial charge in [-0.1, -0.05) is 29.8 Å². The fraction of sp³-hybridized carbons (Fsp3) is 0.413. The number of nitrogens with zero attached hydrogens (tertiary/aromatic N) is 3. The van der Waals surface area contributed by atoms with E-state index in [1.165, 1.54) is 15.9 Å². The van der Waals surface area contributed by atoms with Gasteiger partial charge in [0.15, 0.2) is 0 Å². The summed E-state index contributed by atoms with van der Waals surface area (Å²) in [6.07, 6.45) is 1.37. The number of fused-ring (bicyclic) bond motifs is 3. The number of nitrogens with one attached hydrogen (secondary N) is 4. The lowest BCUT2D eigenvalue weighted by Gasteiger charge is -2.38. The number of amides is 7. The number of likely N-dealkylation sites (N-methyl/N-ethyl adjacent to an activating group) is 1. The Morgan fingerprint density at radius 2 is 1.80 bits per heavy atom. The van der Waals surface area contributed by atoms with Gasteiger partial charge < -0.3 is 50.6 Å². The molecule has 3 saturated heterocycles. The lowest BCUT2D eigenvalue weighted by Crippen LogP contribution is -2.60. The molecule has 0 bridgehead atoms. The normalized spacial score (nSPS) is 21.5. The van der Waals surface area contributed by atoms with Crippen molar-refractivity contribution in [2.75, 3.05) is 26.7 Å². The third-order valence-corrected chi connectivity index (χ3v) is 14.6. The molecule has 4 aliphatic heterocycles. The molecule has 0 spiro atoms. The number of primary amides is 1. The Morgan fingerprint density at radius 3 is 2.53 bits per heavy atom. The summed E-state index contributed by atoms with van der Waals surface area (Å²) in [5.41, 5.74) is 1.45. The zero-order valence-electron chi connectivity index (χ0n) is 37.5. The summed E-state index contributed by atoms with van der Waals surface area (Å²) < 4.78 is 62.1. The standard InChI is InChI=1S/C46H49ClF3N8O11P/c1-56-14-13-29-7-9-36(58(29)45(65)34(21-56)54-41(61)33-18-25-17-27(5-8-32(25)53-33)46(49,50)70(66,67)68)43(63)52-28(6-11-38(51)59)22-69-37-4-2-3-23(40(37)47)15-24-16-26-20-57(44(64)30(26)19-31(24)48)35-10-12-39(60)55-42(35)62/h2-5,8,16-19,28-29,34-36,53H,6-7,9-15,20-22H2,1H3,(H2,51,59)(H,52,63)(H,54,61)(H,55,60,62)(H2,66,67,68)/t28-,29+,34-,35?,36-/m0/s1. The topological polar surface area (TPSA) is 274 Å². The van der Waals surface area contributed by atoms with Gasteiger partial charge in [0.05, 0.1) is 11.1 Å². The molecule has 70 heavy (non-hydrogen) atoms. The molecule has 8 rings (SSSR count). The number of aromatic amines is 1. The average Bonchev–Trinajstić information content (AvgIpc) is 4.01. The highest BCUT2D eigenvalue weighted by Gasteiger charge is 2.51. The minimum absolute atomic E-state index is 0.0144. The second-order valence-electron chi connectivity index (χ2n) is 18.1. The Kier molecular flexibility index (Phi) is 14.2. The van der Waals surface area contributed by atoms with Crippen LogP contribution in [0.1, 0.15) is 88.0 Å². The van der Waals surface area contributed by atoms with Crippen LogP contribution in [0.3, 0.4) is 0 Å². The van der Waals surface area contributed by atoms with E-state index in [4.69, 9.17) is 22.1 Å². The quantitative estimate of drug-likeness (QED) is 0.0669. The van der Waals surface area contributed by atoms with E-state index in [0.717, 1.165) is 24.3 Å². The fourth-order valence-electron chi connectivity index (χ4n) is 9.53. The SMILES string of the molecule is CN1CC[C@H]2CC[C@@H](C(=O)N[C@@H](CCC(N)=O)COc3cccc(Cc4cc5c(cc4F)C(=O)N(C4CCC(=O)NC4=O)C5)c3Cl)N2C(=O)[C@@H](NC(=O)c2cc3cc(C(F)(F)P(=O)(O)O)ccc3[nH]2)C1. The summed E-state index contributed by atoms with van der Waals surface area (Å²) in [5.74, 6) is -4.55. The Labute approximate surface area is 402 Å². The first-order valence-corrected chi connectivity index (χ1v) is 24.4. The van der Waals surface area contributed by atoms with Gasteiger partial charge in [-0.05, 0) is 98.8 Å². The first kappa shape index (κ1) is 50.1. The van der Waals surface area contributed by atoms with Crippen LogP contribution in [0.5, 0.6) is 5.75 Å².